The average molecular weight is 467 g/mol. The van der Waals surface area contributed by atoms with E-state index in [1.807, 2.05) is 0 Å². The van der Waals surface area contributed by atoms with Gasteiger partial charge in [-0.15, -0.1) is 0 Å². The number of halogens is 1. The molecule has 0 aliphatic heterocycles. The van der Waals surface area contributed by atoms with E-state index in [0.717, 1.165) is 0 Å². The molecule has 0 aliphatic carbocycles. The summed E-state index contributed by atoms with van der Waals surface area (Å²) in [5.74, 6) is -1.65. The predicted octanol–water partition coefficient (Wildman–Crippen LogP) is 5.13. The van der Waals surface area contributed by atoms with Crippen molar-refractivity contribution in [3.8, 4) is 0 Å². The van der Waals surface area contributed by atoms with Crippen molar-refractivity contribution in [2.24, 2.45) is 0 Å². The van der Waals surface area contributed by atoms with Crippen molar-refractivity contribution in [1.82, 2.24) is 0 Å². The van der Waals surface area contributed by atoms with Gasteiger partial charge in [-0.1, -0.05) is 41.9 Å². The van der Waals surface area contributed by atoms with Crippen LogP contribution in [-0.2, 0) is 14.3 Å². The zero-order valence-corrected chi connectivity index (χ0v) is 18.0. The highest BCUT2D eigenvalue weighted by molar-refractivity contribution is 6.30. The van der Waals surface area contributed by atoms with Gasteiger partial charge in [0.2, 0.25) is 11.7 Å². The summed E-state index contributed by atoms with van der Waals surface area (Å²) >= 11 is 5.81. The molecule has 168 valence electrons. The number of nitrogens with zero attached hydrogens (tertiary/aromatic N) is 1. The number of ether oxygens (including phenoxy) is 1. The van der Waals surface area contributed by atoms with E-state index in [9.17, 15) is 24.5 Å². The number of rotatable bonds is 9. The zero-order chi connectivity index (χ0) is 23.8. The minimum absolute atomic E-state index is 0.158. The Hall–Kier alpha value is -4.04. The number of hydrogen-bond acceptors (Lipinski definition) is 6. The molecule has 33 heavy (non-hydrogen) atoms. The van der Waals surface area contributed by atoms with Crippen molar-refractivity contribution in [3.05, 3.63) is 105 Å². The Morgan fingerprint density at radius 1 is 0.909 bits per heavy atom. The van der Waals surface area contributed by atoms with Crippen LogP contribution in [0.4, 0.5) is 11.4 Å². The van der Waals surface area contributed by atoms with E-state index < -0.39 is 28.7 Å². The lowest BCUT2D eigenvalue weighted by atomic mass is 9.99. The summed E-state index contributed by atoms with van der Waals surface area (Å²) in [5, 5.41) is 14.1. The smallest absolute Gasteiger partial charge is 0.307 e. The number of nitro benzene ring substituents is 1. The van der Waals surface area contributed by atoms with Gasteiger partial charge in [-0.05, 0) is 36.4 Å². The Morgan fingerprint density at radius 2 is 1.55 bits per heavy atom. The molecule has 3 rings (SSSR count). The number of nitrogens with one attached hydrogen (secondary N) is 1. The number of carbonyl (C=O) groups excluding carboxylic acids is 3. The normalized spacial score (nSPS) is 11.3. The topological polar surface area (TPSA) is 116 Å². The maximum Gasteiger partial charge on any atom is 0.307 e. The molecule has 0 unspecified atom stereocenters. The third-order valence-electron chi connectivity index (χ3n) is 4.64. The lowest BCUT2D eigenvalue weighted by molar-refractivity contribution is -0.384. The Labute approximate surface area is 194 Å². The lowest BCUT2D eigenvalue weighted by Crippen LogP contribution is -2.21. The fraction of sp³-hybridized carbons (Fsp3) is 0.125. The molecule has 0 saturated carbocycles. The number of carbonyl (C=O) groups is 3. The molecule has 0 radical (unpaired) electrons. The first-order valence-electron chi connectivity index (χ1n) is 9.92. The number of benzene rings is 3. The highest BCUT2D eigenvalue weighted by atomic mass is 35.5. The van der Waals surface area contributed by atoms with Crippen molar-refractivity contribution in [2.45, 2.75) is 18.9 Å². The van der Waals surface area contributed by atoms with Gasteiger partial charge in [0.15, 0.2) is 6.10 Å². The van der Waals surface area contributed by atoms with Gasteiger partial charge in [-0.3, -0.25) is 24.5 Å². The van der Waals surface area contributed by atoms with Gasteiger partial charge in [0, 0.05) is 40.4 Å². The first kappa shape index (κ1) is 23.6. The third-order valence-corrected chi connectivity index (χ3v) is 4.89. The molecule has 0 heterocycles. The van der Waals surface area contributed by atoms with Crippen LogP contribution in [0.1, 0.15) is 34.9 Å². The maximum absolute atomic E-state index is 13.0. The lowest BCUT2D eigenvalue weighted by Gasteiger charge is -2.17. The number of esters is 1. The molecular weight excluding hydrogens is 448 g/mol. The second-order valence-electron chi connectivity index (χ2n) is 7.00. The van der Waals surface area contributed by atoms with E-state index in [1.165, 1.54) is 24.3 Å². The molecule has 1 N–H and O–H groups in total. The number of hydrogen-bond donors (Lipinski definition) is 1. The molecule has 1 atom stereocenters. The molecule has 0 bridgehead atoms. The SMILES string of the molecule is O=C(CCC(=O)O[C@H](C(=O)c1ccccc1)c1ccc([N+](=O)[O-])cc1)Nc1ccc(Cl)cc1. The van der Waals surface area contributed by atoms with Crippen molar-refractivity contribution < 1.29 is 24.0 Å². The molecule has 1 amide bonds. The molecule has 9 heteroatoms. The van der Waals surface area contributed by atoms with Crippen LogP contribution in [0.3, 0.4) is 0 Å². The molecule has 0 aromatic heterocycles. The molecule has 0 saturated heterocycles. The summed E-state index contributed by atoms with van der Waals surface area (Å²) in [6.45, 7) is 0. The van der Waals surface area contributed by atoms with Crippen LogP contribution in [-0.4, -0.2) is 22.6 Å². The average Bonchev–Trinajstić information content (AvgIpc) is 2.83. The minimum Gasteiger partial charge on any atom is -0.449 e. The van der Waals surface area contributed by atoms with Crippen LogP contribution in [0, 0.1) is 10.1 Å². The zero-order valence-electron chi connectivity index (χ0n) is 17.3. The summed E-state index contributed by atoms with van der Waals surface area (Å²) in [4.78, 5) is 48.0. The molecule has 3 aromatic carbocycles. The van der Waals surface area contributed by atoms with Crippen molar-refractivity contribution in [3.63, 3.8) is 0 Å². The standard InChI is InChI=1S/C24H19ClN2O6/c25-18-8-10-19(11-9-18)26-21(28)14-15-22(29)33-24(23(30)16-4-2-1-3-5-16)17-6-12-20(13-7-17)27(31)32/h1-13,24H,14-15H2,(H,26,28)/t24-/m0/s1. The molecule has 8 nitrogen and oxygen atoms in total. The van der Waals surface area contributed by atoms with E-state index in [1.54, 1.807) is 54.6 Å². The van der Waals surface area contributed by atoms with E-state index in [4.69, 9.17) is 16.3 Å². The van der Waals surface area contributed by atoms with Crippen LogP contribution < -0.4 is 5.32 Å². The van der Waals surface area contributed by atoms with Crippen molar-refractivity contribution in [1.29, 1.82) is 0 Å². The Kier molecular flexibility index (Phi) is 7.88. The Balaban J connectivity index is 1.69. The highest BCUT2D eigenvalue weighted by Gasteiger charge is 2.27. The Bertz CT molecular complexity index is 1150. The van der Waals surface area contributed by atoms with Crippen molar-refractivity contribution >= 4 is 40.6 Å². The monoisotopic (exact) mass is 466 g/mol. The van der Waals surface area contributed by atoms with E-state index in [0.29, 0.717) is 16.3 Å². The fourth-order valence-electron chi connectivity index (χ4n) is 2.96. The number of ketones is 1. The first-order valence-corrected chi connectivity index (χ1v) is 10.3. The maximum atomic E-state index is 13.0. The highest BCUT2D eigenvalue weighted by Crippen LogP contribution is 2.25. The van der Waals surface area contributed by atoms with E-state index >= 15 is 0 Å². The van der Waals surface area contributed by atoms with Gasteiger partial charge in [0.25, 0.3) is 5.69 Å². The number of non-ortho nitro benzene ring substituents is 1. The summed E-state index contributed by atoms with van der Waals surface area (Å²) in [5.41, 5.74) is 0.971. The van der Waals surface area contributed by atoms with Crippen LogP contribution in [0.25, 0.3) is 0 Å². The van der Waals surface area contributed by atoms with Crippen LogP contribution in [0.15, 0.2) is 78.9 Å². The number of amides is 1. The van der Waals surface area contributed by atoms with Crippen LogP contribution >= 0.6 is 11.6 Å². The third kappa shape index (κ3) is 6.72. The fourth-order valence-corrected chi connectivity index (χ4v) is 3.09. The summed E-state index contributed by atoms with van der Waals surface area (Å²) in [6, 6.07) is 19.9. The quantitative estimate of drug-likeness (QED) is 0.202. The molecule has 0 spiro atoms. The van der Waals surface area contributed by atoms with Gasteiger partial charge in [-0.2, -0.15) is 0 Å². The first-order chi connectivity index (χ1) is 15.8. The summed E-state index contributed by atoms with van der Waals surface area (Å²) in [7, 11) is 0. The molecule has 3 aromatic rings. The number of nitro groups is 1. The number of Topliss-reactive ketones (excluding diaryl/α,β-unsaturated/α-hetero) is 1. The van der Waals surface area contributed by atoms with Crippen LogP contribution in [0.2, 0.25) is 5.02 Å². The predicted molar refractivity (Wildman–Crippen MR) is 122 cm³/mol. The van der Waals surface area contributed by atoms with Gasteiger partial charge >= 0.3 is 5.97 Å². The van der Waals surface area contributed by atoms with Gasteiger partial charge in [0.1, 0.15) is 0 Å². The Morgan fingerprint density at radius 3 is 2.15 bits per heavy atom. The summed E-state index contributed by atoms with van der Waals surface area (Å²) < 4.78 is 5.41. The van der Waals surface area contributed by atoms with Gasteiger partial charge in [0.05, 0.1) is 11.3 Å². The molecule has 0 fully saturated rings. The van der Waals surface area contributed by atoms with Crippen LogP contribution in [0.5, 0.6) is 0 Å². The van der Waals surface area contributed by atoms with Gasteiger partial charge in [-0.25, -0.2) is 0 Å². The second-order valence-corrected chi connectivity index (χ2v) is 7.44. The summed E-state index contributed by atoms with van der Waals surface area (Å²) in [6.07, 6.45) is -1.72. The minimum atomic E-state index is -1.31. The number of anilines is 1. The van der Waals surface area contributed by atoms with E-state index in [-0.39, 0.29) is 24.1 Å². The van der Waals surface area contributed by atoms with Crippen molar-refractivity contribution in [2.75, 3.05) is 5.32 Å². The van der Waals surface area contributed by atoms with Gasteiger partial charge < -0.3 is 10.1 Å². The molecule has 0 aliphatic rings. The largest absolute Gasteiger partial charge is 0.449 e. The molecular formula is C24H19ClN2O6. The van der Waals surface area contributed by atoms with E-state index in [2.05, 4.69) is 5.32 Å². The second kappa shape index (κ2) is 11.0.